The molecule has 4 aromatic carbocycles. The van der Waals surface area contributed by atoms with E-state index in [0.29, 0.717) is 39.0 Å². The molecule has 5 aromatic rings. The van der Waals surface area contributed by atoms with Crippen LogP contribution in [0.5, 0.6) is 11.5 Å². The van der Waals surface area contributed by atoms with Gasteiger partial charge in [-0.3, -0.25) is 25.2 Å². The molecule has 0 saturated carbocycles. The van der Waals surface area contributed by atoms with Crippen LogP contribution in [-0.4, -0.2) is 21.0 Å². The predicted octanol–water partition coefficient (Wildman–Crippen LogP) is 7.51. The Morgan fingerprint density at radius 2 is 1.76 bits per heavy atom. The first kappa shape index (κ1) is 23.6. The van der Waals surface area contributed by atoms with Crippen molar-refractivity contribution in [1.29, 1.82) is 0 Å². The van der Waals surface area contributed by atoms with E-state index in [1.807, 2.05) is 12.1 Å². The Labute approximate surface area is 213 Å². The number of halogens is 1. The van der Waals surface area contributed by atoms with Gasteiger partial charge in [0.1, 0.15) is 11.3 Å². The van der Waals surface area contributed by atoms with Crippen molar-refractivity contribution in [3.05, 3.63) is 116 Å². The van der Waals surface area contributed by atoms with Crippen molar-refractivity contribution in [2.24, 2.45) is 4.99 Å². The van der Waals surface area contributed by atoms with Crippen molar-refractivity contribution >= 4 is 46.0 Å². The van der Waals surface area contributed by atoms with Crippen molar-refractivity contribution in [3.8, 4) is 23.0 Å². The van der Waals surface area contributed by atoms with Gasteiger partial charge < -0.3 is 9.15 Å². The second-order valence-corrected chi connectivity index (χ2v) is 8.22. The van der Waals surface area contributed by atoms with E-state index in [4.69, 9.17) is 20.8 Å². The minimum atomic E-state index is -0.731. The third-order valence-electron chi connectivity index (χ3n) is 5.24. The molecule has 11 heteroatoms. The number of aliphatic imine (C=N–C) groups is 1. The fraction of sp³-hybridized carbons (Fsp3) is 0. The van der Waals surface area contributed by atoms with E-state index in [1.165, 1.54) is 6.07 Å². The Balaban J connectivity index is 1.37. The topological polar surface area (TPSA) is 134 Å². The monoisotopic (exact) mass is 514 g/mol. The number of nitrogens with zero attached hydrogens (tertiary/aromatic N) is 4. The summed E-state index contributed by atoms with van der Waals surface area (Å²) in [6.45, 7) is 0. The van der Waals surface area contributed by atoms with Crippen molar-refractivity contribution in [2.45, 2.75) is 0 Å². The molecule has 1 aromatic heterocycles. The predicted molar refractivity (Wildman–Crippen MR) is 138 cm³/mol. The summed E-state index contributed by atoms with van der Waals surface area (Å²) in [5.41, 5.74) is 2.40. The van der Waals surface area contributed by atoms with Crippen LogP contribution in [0.15, 0.2) is 94.3 Å². The van der Waals surface area contributed by atoms with Crippen LogP contribution in [0.1, 0.15) is 5.56 Å². The fourth-order valence-electron chi connectivity index (χ4n) is 3.52. The maximum absolute atomic E-state index is 11.4. The van der Waals surface area contributed by atoms with Crippen molar-refractivity contribution in [2.75, 3.05) is 0 Å². The van der Waals surface area contributed by atoms with Gasteiger partial charge in [-0.25, -0.2) is 4.98 Å². The number of oxazole rings is 1. The van der Waals surface area contributed by atoms with Gasteiger partial charge in [0.25, 0.3) is 5.69 Å². The van der Waals surface area contributed by atoms with Crippen LogP contribution in [0.4, 0.5) is 17.1 Å². The number of fused-ring (bicyclic) bond motifs is 1. The third kappa shape index (κ3) is 5.29. The van der Waals surface area contributed by atoms with Gasteiger partial charge in [0, 0.05) is 22.9 Å². The standard InChI is InChI=1S/C26H15ClN4O6/c27-18-5-2-4-17(12-18)26-29-22-13-19(7-9-24(22)37-26)28-15-16-3-1-6-21(11-16)36-25-10-8-20(30(32)33)14-23(25)31(34)35/h1-15H. The quantitative estimate of drug-likeness (QED) is 0.124. The zero-order valence-corrected chi connectivity index (χ0v) is 19.5. The Kier molecular flexibility index (Phi) is 6.31. The van der Waals surface area contributed by atoms with Crippen LogP contribution < -0.4 is 4.74 Å². The van der Waals surface area contributed by atoms with Gasteiger partial charge in [-0.15, -0.1) is 0 Å². The molecular weight excluding hydrogens is 500 g/mol. The minimum Gasteiger partial charge on any atom is -0.450 e. The van der Waals surface area contributed by atoms with Crippen LogP contribution >= 0.6 is 11.6 Å². The molecule has 0 fully saturated rings. The van der Waals surface area contributed by atoms with E-state index >= 15 is 0 Å². The van der Waals surface area contributed by atoms with E-state index < -0.39 is 21.2 Å². The van der Waals surface area contributed by atoms with Crippen LogP contribution in [0.25, 0.3) is 22.6 Å². The Morgan fingerprint density at radius 1 is 0.919 bits per heavy atom. The molecule has 0 aliphatic rings. The molecule has 0 aliphatic heterocycles. The second kappa shape index (κ2) is 9.88. The first-order chi connectivity index (χ1) is 17.9. The molecule has 5 rings (SSSR count). The summed E-state index contributed by atoms with van der Waals surface area (Å²) < 4.78 is 11.5. The molecule has 0 spiro atoms. The van der Waals surface area contributed by atoms with E-state index in [-0.39, 0.29) is 5.75 Å². The van der Waals surface area contributed by atoms with E-state index in [2.05, 4.69) is 9.98 Å². The van der Waals surface area contributed by atoms with Crippen LogP contribution in [0.3, 0.4) is 0 Å². The number of nitro groups is 2. The van der Waals surface area contributed by atoms with Gasteiger partial charge >= 0.3 is 5.69 Å². The highest BCUT2D eigenvalue weighted by atomic mass is 35.5. The highest BCUT2D eigenvalue weighted by molar-refractivity contribution is 6.30. The van der Waals surface area contributed by atoms with Gasteiger partial charge in [-0.2, -0.15) is 0 Å². The Bertz CT molecular complexity index is 1700. The maximum Gasteiger partial charge on any atom is 0.318 e. The lowest BCUT2D eigenvalue weighted by atomic mass is 10.2. The summed E-state index contributed by atoms with van der Waals surface area (Å²) in [4.78, 5) is 29.9. The molecular formula is C26H15ClN4O6. The highest BCUT2D eigenvalue weighted by Gasteiger charge is 2.21. The lowest BCUT2D eigenvalue weighted by molar-refractivity contribution is -0.394. The molecule has 0 bridgehead atoms. The number of rotatable bonds is 7. The van der Waals surface area contributed by atoms with Crippen LogP contribution in [-0.2, 0) is 0 Å². The zero-order valence-electron chi connectivity index (χ0n) is 18.8. The average molecular weight is 515 g/mol. The van der Waals surface area contributed by atoms with Crippen molar-refractivity contribution < 1.29 is 19.0 Å². The second-order valence-electron chi connectivity index (χ2n) is 7.78. The number of ether oxygens (including phenoxy) is 1. The lowest BCUT2D eigenvalue weighted by Gasteiger charge is -2.07. The van der Waals surface area contributed by atoms with Gasteiger partial charge in [-0.1, -0.05) is 29.8 Å². The molecule has 0 radical (unpaired) electrons. The van der Waals surface area contributed by atoms with E-state index in [0.717, 1.165) is 17.7 Å². The molecule has 0 saturated heterocycles. The SMILES string of the molecule is O=[N+]([O-])c1ccc(Oc2cccc(C=Nc3ccc4oc(-c5cccc(Cl)c5)nc4c3)c2)c([N+](=O)[O-])c1. The molecule has 0 unspecified atom stereocenters. The van der Waals surface area contributed by atoms with Crippen molar-refractivity contribution in [1.82, 2.24) is 4.98 Å². The number of hydrogen-bond donors (Lipinski definition) is 0. The van der Waals surface area contributed by atoms with Gasteiger partial charge in [0.05, 0.1) is 21.6 Å². The Hall–Kier alpha value is -5.09. The summed E-state index contributed by atoms with van der Waals surface area (Å²) >= 11 is 6.06. The molecule has 182 valence electrons. The van der Waals surface area contributed by atoms with Crippen LogP contribution in [0.2, 0.25) is 5.02 Å². The summed E-state index contributed by atoms with van der Waals surface area (Å²) in [5.74, 6) is 0.638. The Morgan fingerprint density at radius 3 is 2.54 bits per heavy atom. The van der Waals surface area contributed by atoms with Crippen molar-refractivity contribution in [3.63, 3.8) is 0 Å². The number of aromatic nitrogens is 1. The first-order valence-electron chi connectivity index (χ1n) is 10.8. The number of hydrogen-bond acceptors (Lipinski definition) is 8. The smallest absolute Gasteiger partial charge is 0.318 e. The van der Waals surface area contributed by atoms with Crippen LogP contribution in [0, 0.1) is 20.2 Å². The molecule has 1 heterocycles. The molecule has 10 nitrogen and oxygen atoms in total. The molecule has 0 aliphatic carbocycles. The van der Waals surface area contributed by atoms with E-state index in [1.54, 1.807) is 60.8 Å². The highest BCUT2D eigenvalue weighted by Crippen LogP contribution is 2.34. The lowest BCUT2D eigenvalue weighted by Crippen LogP contribution is -1.96. The summed E-state index contributed by atoms with van der Waals surface area (Å²) in [5, 5.41) is 22.9. The molecule has 0 N–H and O–H groups in total. The van der Waals surface area contributed by atoms with Gasteiger partial charge in [0.2, 0.25) is 11.6 Å². The number of nitro benzene ring substituents is 2. The normalized spacial score (nSPS) is 11.2. The zero-order chi connectivity index (χ0) is 25.9. The fourth-order valence-corrected chi connectivity index (χ4v) is 3.71. The van der Waals surface area contributed by atoms with E-state index in [9.17, 15) is 20.2 Å². The summed E-state index contributed by atoms with van der Waals surface area (Å²) in [7, 11) is 0. The maximum atomic E-state index is 11.4. The van der Waals surface area contributed by atoms with Gasteiger partial charge in [0.15, 0.2) is 5.58 Å². The minimum absolute atomic E-state index is 0.114. The summed E-state index contributed by atoms with van der Waals surface area (Å²) in [6.07, 6.45) is 1.61. The summed E-state index contributed by atoms with van der Waals surface area (Å²) in [6, 6.07) is 22.5. The number of non-ortho nitro benzene ring substituents is 1. The third-order valence-corrected chi connectivity index (χ3v) is 5.48. The molecule has 0 atom stereocenters. The van der Waals surface area contributed by atoms with Gasteiger partial charge in [-0.05, 0) is 60.2 Å². The molecule has 37 heavy (non-hydrogen) atoms. The number of benzene rings is 4. The average Bonchev–Trinajstić information content (AvgIpc) is 3.31. The molecule has 0 amide bonds. The largest absolute Gasteiger partial charge is 0.450 e. The first-order valence-corrected chi connectivity index (χ1v) is 11.1.